The van der Waals surface area contributed by atoms with Crippen molar-refractivity contribution in [2.75, 3.05) is 6.61 Å². The van der Waals surface area contributed by atoms with E-state index in [2.05, 4.69) is 4.99 Å². The van der Waals surface area contributed by atoms with Crippen molar-refractivity contribution in [3.05, 3.63) is 82.9 Å². The minimum Gasteiger partial charge on any atom is -0.490 e. The molecule has 0 fully saturated rings. The van der Waals surface area contributed by atoms with Gasteiger partial charge in [0.15, 0.2) is 5.75 Å². The molecule has 0 unspecified atom stereocenters. The summed E-state index contributed by atoms with van der Waals surface area (Å²) in [7, 11) is -4.05. The molecule has 0 heterocycles. The molecule has 0 aromatic heterocycles. The number of ether oxygens (including phenoxy) is 1. The molecule has 5 nitrogen and oxygen atoms in total. The lowest BCUT2D eigenvalue weighted by Gasteiger charge is -2.14. The molecular formula is C22H20ClNO4S. The first-order chi connectivity index (χ1) is 13.9. The standard InChI is InChI=1S/C22H20ClNO4S/c1-3-27-21-14-17(15-24-20-12-8-7-9-16(20)2)13-19(23)22(21)28-29(25,26)18-10-5-4-6-11-18/h4-15H,3H2,1-2H3. The summed E-state index contributed by atoms with van der Waals surface area (Å²) >= 11 is 6.35. The van der Waals surface area contributed by atoms with Crippen LogP contribution in [0.3, 0.4) is 0 Å². The van der Waals surface area contributed by atoms with Crippen LogP contribution in [0.4, 0.5) is 5.69 Å². The van der Waals surface area contributed by atoms with Gasteiger partial charge in [0.05, 0.1) is 17.3 Å². The Labute approximate surface area is 175 Å². The molecule has 0 amide bonds. The van der Waals surface area contributed by atoms with Crippen LogP contribution in [0.15, 0.2) is 76.6 Å². The molecule has 0 saturated carbocycles. The second kappa shape index (κ2) is 9.11. The van der Waals surface area contributed by atoms with Crippen LogP contribution in [0.2, 0.25) is 5.02 Å². The summed E-state index contributed by atoms with van der Waals surface area (Å²) in [4.78, 5) is 4.50. The average molecular weight is 430 g/mol. The molecule has 29 heavy (non-hydrogen) atoms. The van der Waals surface area contributed by atoms with Crippen LogP contribution in [0.25, 0.3) is 0 Å². The molecule has 7 heteroatoms. The van der Waals surface area contributed by atoms with Crippen molar-refractivity contribution >= 4 is 33.6 Å². The monoisotopic (exact) mass is 429 g/mol. The quantitative estimate of drug-likeness (QED) is 0.364. The highest BCUT2D eigenvalue weighted by molar-refractivity contribution is 7.87. The number of benzene rings is 3. The van der Waals surface area contributed by atoms with Crippen LogP contribution in [0.5, 0.6) is 11.5 Å². The van der Waals surface area contributed by atoms with Crippen molar-refractivity contribution in [1.82, 2.24) is 0 Å². The number of nitrogens with zero attached hydrogens (tertiary/aromatic N) is 1. The van der Waals surface area contributed by atoms with Crippen molar-refractivity contribution in [2.24, 2.45) is 4.99 Å². The van der Waals surface area contributed by atoms with E-state index in [0.717, 1.165) is 11.3 Å². The van der Waals surface area contributed by atoms with Crippen LogP contribution in [0.1, 0.15) is 18.1 Å². The van der Waals surface area contributed by atoms with Crippen molar-refractivity contribution in [1.29, 1.82) is 0 Å². The lowest BCUT2D eigenvalue weighted by atomic mass is 10.2. The first kappa shape index (κ1) is 20.9. The molecule has 3 aromatic rings. The number of aryl methyl sites for hydroxylation is 1. The Morgan fingerprint density at radius 1 is 1.03 bits per heavy atom. The normalized spacial score (nSPS) is 11.6. The molecule has 0 saturated heterocycles. The van der Waals surface area contributed by atoms with Crippen LogP contribution in [-0.2, 0) is 10.1 Å². The third-order valence-electron chi connectivity index (χ3n) is 4.02. The van der Waals surface area contributed by atoms with Crippen molar-refractivity contribution in [3.8, 4) is 11.5 Å². The summed E-state index contributed by atoms with van der Waals surface area (Å²) < 4.78 is 36.1. The van der Waals surface area contributed by atoms with E-state index < -0.39 is 10.1 Å². The van der Waals surface area contributed by atoms with Crippen LogP contribution in [0, 0.1) is 6.92 Å². The Morgan fingerprint density at radius 2 is 1.72 bits per heavy atom. The summed E-state index contributed by atoms with van der Waals surface area (Å²) in [5.74, 6) is 0.177. The maximum atomic E-state index is 12.6. The van der Waals surface area contributed by atoms with Gasteiger partial charge in [0.1, 0.15) is 4.90 Å². The molecule has 0 aliphatic carbocycles. The highest BCUT2D eigenvalue weighted by Gasteiger charge is 2.22. The van der Waals surface area contributed by atoms with Gasteiger partial charge < -0.3 is 8.92 Å². The molecule has 150 valence electrons. The smallest absolute Gasteiger partial charge is 0.339 e. The molecule has 0 N–H and O–H groups in total. The Morgan fingerprint density at radius 3 is 2.41 bits per heavy atom. The van der Waals surface area contributed by atoms with E-state index >= 15 is 0 Å². The Balaban J connectivity index is 1.96. The topological polar surface area (TPSA) is 65.0 Å². The van der Waals surface area contributed by atoms with E-state index in [1.165, 1.54) is 12.1 Å². The van der Waals surface area contributed by atoms with Gasteiger partial charge in [-0.1, -0.05) is 48.0 Å². The number of halogens is 1. The minimum atomic E-state index is -4.05. The van der Waals surface area contributed by atoms with Gasteiger partial charge in [-0.2, -0.15) is 8.42 Å². The second-order valence-electron chi connectivity index (χ2n) is 6.16. The molecule has 3 aromatic carbocycles. The summed E-state index contributed by atoms with van der Waals surface area (Å²) in [5.41, 5.74) is 2.52. The molecule has 3 rings (SSSR count). The first-order valence-corrected chi connectivity index (χ1v) is 10.7. The number of aliphatic imine (C=N–C) groups is 1. The highest BCUT2D eigenvalue weighted by atomic mass is 35.5. The maximum Gasteiger partial charge on any atom is 0.339 e. The predicted molar refractivity (Wildman–Crippen MR) is 115 cm³/mol. The zero-order valence-electron chi connectivity index (χ0n) is 16.0. The number of rotatable bonds is 7. The fourth-order valence-corrected chi connectivity index (χ4v) is 3.89. The molecule has 0 aliphatic rings. The second-order valence-corrected chi connectivity index (χ2v) is 8.11. The van der Waals surface area contributed by atoms with Gasteiger partial charge in [0.25, 0.3) is 0 Å². The van der Waals surface area contributed by atoms with Gasteiger partial charge in [-0.25, -0.2) is 0 Å². The third kappa shape index (κ3) is 5.16. The number of hydrogen-bond donors (Lipinski definition) is 0. The number of para-hydroxylation sites is 1. The largest absolute Gasteiger partial charge is 0.490 e. The fourth-order valence-electron chi connectivity index (χ4n) is 2.60. The first-order valence-electron chi connectivity index (χ1n) is 8.96. The third-order valence-corrected chi connectivity index (χ3v) is 5.54. The van der Waals surface area contributed by atoms with Crippen molar-refractivity contribution in [2.45, 2.75) is 18.7 Å². The van der Waals surface area contributed by atoms with Crippen LogP contribution in [-0.4, -0.2) is 21.2 Å². The van der Waals surface area contributed by atoms with Gasteiger partial charge in [0, 0.05) is 6.21 Å². The van der Waals surface area contributed by atoms with Crippen LogP contribution < -0.4 is 8.92 Å². The van der Waals surface area contributed by atoms with E-state index in [0.29, 0.717) is 12.2 Å². The predicted octanol–water partition coefficient (Wildman–Crippen LogP) is 5.57. The van der Waals surface area contributed by atoms with Crippen LogP contribution >= 0.6 is 11.6 Å². The summed E-state index contributed by atoms with van der Waals surface area (Å²) in [6, 6.07) is 18.8. The lowest BCUT2D eigenvalue weighted by molar-refractivity contribution is 0.327. The van der Waals surface area contributed by atoms with E-state index in [1.54, 1.807) is 43.5 Å². The van der Waals surface area contributed by atoms with E-state index in [4.69, 9.17) is 20.5 Å². The zero-order chi connectivity index (χ0) is 20.9. The molecule has 0 bridgehead atoms. The van der Waals surface area contributed by atoms with Gasteiger partial charge in [-0.3, -0.25) is 4.99 Å². The maximum absolute atomic E-state index is 12.6. The Hall–Kier alpha value is -2.83. The zero-order valence-corrected chi connectivity index (χ0v) is 17.6. The molecule has 0 radical (unpaired) electrons. The number of hydrogen-bond acceptors (Lipinski definition) is 5. The van der Waals surface area contributed by atoms with Crippen molar-refractivity contribution in [3.63, 3.8) is 0 Å². The molecule has 0 aliphatic heterocycles. The fraction of sp³-hybridized carbons (Fsp3) is 0.136. The average Bonchev–Trinajstić information content (AvgIpc) is 2.71. The summed E-state index contributed by atoms with van der Waals surface area (Å²) in [6.07, 6.45) is 1.65. The van der Waals surface area contributed by atoms with E-state index in [9.17, 15) is 8.42 Å². The minimum absolute atomic E-state index is 0.0312. The highest BCUT2D eigenvalue weighted by Crippen LogP contribution is 2.38. The van der Waals surface area contributed by atoms with E-state index in [1.807, 2.05) is 31.2 Å². The van der Waals surface area contributed by atoms with Gasteiger partial charge in [-0.15, -0.1) is 0 Å². The molecular weight excluding hydrogens is 410 g/mol. The summed E-state index contributed by atoms with van der Waals surface area (Å²) in [5, 5.41) is 0.113. The molecule has 0 atom stereocenters. The Kier molecular flexibility index (Phi) is 6.56. The molecule has 0 spiro atoms. The summed E-state index contributed by atoms with van der Waals surface area (Å²) in [6.45, 7) is 4.07. The van der Waals surface area contributed by atoms with Gasteiger partial charge in [-0.05, 0) is 55.3 Å². The van der Waals surface area contributed by atoms with E-state index in [-0.39, 0.29) is 21.4 Å². The van der Waals surface area contributed by atoms with Gasteiger partial charge in [0.2, 0.25) is 5.75 Å². The lowest BCUT2D eigenvalue weighted by Crippen LogP contribution is -2.11. The SMILES string of the molecule is CCOc1cc(C=Nc2ccccc2C)cc(Cl)c1OS(=O)(=O)c1ccccc1. The van der Waals surface area contributed by atoms with Crippen molar-refractivity contribution < 1.29 is 17.3 Å². The van der Waals surface area contributed by atoms with Gasteiger partial charge >= 0.3 is 10.1 Å². The Bertz CT molecular complexity index is 1130.